The van der Waals surface area contributed by atoms with Crippen molar-refractivity contribution in [3.8, 4) is 0 Å². The molecule has 0 aliphatic heterocycles. The Hall–Kier alpha value is -0.820. The van der Waals surface area contributed by atoms with Gasteiger partial charge in [-0.15, -0.1) is 0 Å². The fourth-order valence-corrected chi connectivity index (χ4v) is 0.811. The van der Waals surface area contributed by atoms with Crippen molar-refractivity contribution >= 4 is 5.97 Å². The van der Waals surface area contributed by atoms with Gasteiger partial charge in [0.05, 0.1) is 0 Å². The van der Waals surface area contributed by atoms with Crippen molar-refractivity contribution in [2.45, 2.75) is 31.5 Å². The van der Waals surface area contributed by atoms with Gasteiger partial charge in [0.25, 0.3) is 0 Å². The SMILES string of the molecule is NC(CCOCCCC(F)(F)F)C(=O)O. The van der Waals surface area contributed by atoms with Crippen molar-refractivity contribution in [1.82, 2.24) is 0 Å². The lowest BCUT2D eigenvalue weighted by molar-refractivity contribution is -0.139. The average Bonchev–Trinajstić information content (AvgIpc) is 2.08. The maximum atomic E-state index is 11.6. The number of carboxylic acids is 1. The summed E-state index contributed by atoms with van der Waals surface area (Å²) in [5.41, 5.74) is 5.14. The largest absolute Gasteiger partial charge is 0.480 e. The van der Waals surface area contributed by atoms with E-state index in [0.717, 1.165) is 0 Å². The molecule has 15 heavy (non-hydrogen) atoms. The van der Waals surface area contributed by atoms with Crippen molar-refractivity contribution < 1.29 is 27.8 Å². The minimum atomic E-state index is -4.17. The zero-order valence-electron chi connectivity index (χ0n) is 8.09. The quantitative estimate of drug-likeness (QED) is 0.642. The summed E-state index contributed by atoms with van der Waals surface area (Å²) < 4.78 is 39.7. The third-order valence-corrected chi connectivity index (χ3v) is 1.64. The Labute approximate surface area is 85.2 Å². The van der Waals surface area contributed by atoms with Crippen LogP contribution >= 0.6 is 0 Å². The first-order valence-corrected chi connectivity index (χ1v) is 4.46. The van der Waals surface area contributed by atoms with Crippen LogP contribution in [-0.4, -0.2) is 36.5 Å². The molecule has 0 rings (SSSR count). The minimum absolute atomic E-state index is 0.0359. The Morgan fingerprint density at radius 3 is 2.47 bits per heavy atom. The smallest absolute Gasteiger partial charge is 0.389 e. The van der Waals surface area contributed by atoms with Gasteiger partial charge in [0.1, 0.15) is 6.04 Å². The summed E-state index contributed by atoms with van der Waals surface area (Å²) in [6.07, 6.45) is -5.08. The summed E-state index contributed by atoms with van der Waals surface area (Å²) in [4.78, 5) is 10.2. The molecule has 0 radical (unpaired) electrons. The van der Waals surface area contributed by atoms with Crippen LogP contribution in [0.15, 0.2) is 0 Å². The van der Waals surface area contributed by atoms with Gasteiger partial charge in [-0.1, -0.05) is 0 Å². The first kappa shape index (κ1) is 14.2. The first-order chi connectivity index (χ1) is 6.83. The Kier molecular flexibility index (Phi) is 6.26. The predicted octanol–water partition coefficient (Wildman–Crippen LogP) is 1.15. The Morgan fingerprint density at radius 2 is 2.00 bits per heavy atom. The molecule has 0 spiro atoms. The van der Waals surface area contributed by atoms with E-state index >= 15 is 0 Å². The highest BCUT2D eigenvalue weighted by molar-refractivity contribution is 5.72. The molecule has 1 atom stereocenters. The van der Waals surface area contributed by atoms with Crippen LogP contribution in [0.3, 0.4) is 0 Å². The molecule has 0 aromatic heterocycles. The van der Waals surface area contributed by atoms with E-state index in [1.54, 1.807) is 0 Å². The zero-order valence-corrected chi connectivity index (χ0v) is 8.09. The number of rotatable bonds is 7. The van der Waals surface area contributed by atoms with Gasteiger partial charge < -0.3 is 15.6 Å². The molecule has 3 N–H and O–H groups in total. The van der Waals surface area contributed by atoms with Crippen LogP contribution in [0, 0.1) is 0 Å². The van der Waals surface area contributed by atoms with Crippen LogP contribution in [0.5, 0.6) is 0 Å². The monoisotopic (exact) mass is 229 g/mol. The lowest BCUT2D eigenvalue weighted by Gasteiger charge is -2.08. The third-order valence-electron chi connectivity index (χ3n) is 1.64. The summed E-state index contributed by atoms with van der Waals surface area (Å²) in [6.45, 7) is 0.0250. The number of carbonyl (C=O) groups is 1. The highest BCUT2D eigenvalue weighted by atomic mass is 19.4. The van der Waals surface area contributed by atoms with Crippen LogP contribution in [0.4, 0.5) is 13.2 Å². The third kappa shape index (κ3) is 9.48. The van der Waals surface area contributed by atoms with Gasteiger partial charge in [-0.25, -0.2) is 0 Å². The highest BCUT2D eigenvalue weighted by Crippen LogP contribution is 2.20. The molecule has 0 amide bonds. The van der Waals surface area contributed by atoms with E-state index in [9.17, 15) is 18.0 Å². The summed E-state index contributed by atoms with van der Waals surface area (Å²) in [7, 11) is 0. The Morgan fingerprint density at radius 1 is 1.40 bits per heavy atom. The molecule has 7 heteroatoms. The van der Waals surface area contributed by atoms with E-state index in [4.69, 9.17) is 15.6 Å². The van der Waals surface area contributed by atoms with E-state index in [-0.39, 0.29) is 26.1 Å². The van der Waals surface area contributed by atoms with Crippen LogP contribution in [-0.2, 0) is 9.53 Å². The van der Waals surface area contributed by atoms with Gasteiger partial charge in [-0.05, 0) is 12.8 Å². The minimum Gasteiger partial charge on any atom is -0.480 e. The van der Waals surface area contributed by atoms with Gasteiger partial charge in [0.15, 0.2) is 0 Å². The van der Waals surface area contributed by atoms with E-state index < -0.39 is 24.6 Å². The van der Waals surface area contributed by atoms with Gasteiger partial charge in [-0.3, -0.25) is 4.79 Å². The van der Waals surface area contributed by atoms with Crippen LogP contribution < -0.4 is 5.73 Å². The number of carboxylic acid groups (broad SMARTS) is 1. The molecule has 0 heterocycles. The van der Waals surface area contributed by atoms with Gasteiger partial charge in [0.2, 0.25) is 0 Å². The molecule has 0 saturated carbocycles. The number of alkyl halides is 3. The van der Waals surface area contributed by atoms with Crippen LogP contribution in [0.2, 0.25) is 0 Å². The number of hydrogen-bond donors (Lipinski definition) is 2. The van der Waals surface area contributed by atoms with Gasteiger partial charge in [0, 0.05) is 19.6 Å². The number of nitrogens with two attached hydrogens (primary N) is 1. The fourth-order valence-electron chi connectivity index (χ4n) is 0.811. The summed E-state index contributed by atoms with van der Waals surface area (Å²) in [5.74, 6) is -1.14. The maximum absolute atomic E-state index is 11.6. The fraction of sp³-hybridized carbons (Fsp3) is 0.875. The molecular weight excluding hydrogens is 215 g/mol. The van der Waals surface area contributed by atoms with Crippen molar-refractivity contribution in [1.29, 1.82) is 0 Å². The van der Waals surface area contributed by atoms with E-state index in [2.05, 4.69) is 0 Å². The van der Waals surface area contributed by atoms with Crippen LogP contribution in [0.1, 0.15) is 19.3 Å². The number of ether oxygens (including phenoxy) is 1. The second-order valence-electron chi connectivity index (χ2n) is 3.06. The van der Waals surface area contributed by atoms with Crippen molar-refractivity contribution in [3.05, 3.63) is 0 Å². The number of aliphatic carboxylic acids is 1. The average molecular weight is 229 g/mol. The van der Waals surface area contributed by atoms with E-state index in [1.165, 1.54) is 0 Å². The second kappa shape index (κ2) is 6.62. The summed E-state index contributed by atoms with van der Waals surface area (Å²) in [6, 6.07) is -1.02. The van der Waals surface area contributed by atoms with E-state index in [0.29, 0.717) is 0 Å². The standard InChI is InChI=1S/C8H14F3NO3/c9-8(10,11)3-1-4-15-5-2-6(12)7(13)14/h6H,1-5,12H2,(H,13,14). The van der Waals surface area contributed by atoms with Crippen molar-refractivity contribution in [3.63, 3.8) is 0 Å². The normalized spacial score (nSPS) is 13.9. The molecule has 90 valence electrons. The molecule has 4 nitrogen and oxygen atoms in total. The molecule has 0 aliphatic carbocycles. The zero-order chi connectivity index (χ0) is 11.9. The molecule has 0 saturated heterocycles. The summed E-state index contributed by atoms with van der Waals surface area (Å²) in [5, 5.41) is 8.36. The van der Waals surface area contributed by atoms with Gasteiger partial charge in [-0.2, -0.15) is 13.2 Å². The van der Waals surface area contributed by atoms with Gasteiger partial charge >= 0.3 is 12.1 Å². The molecule has 0 bridgehead atoms. The van der Waals surface area contributed by atoms with E-state index in [1.807, 2.05) is 0 Å². The topological polar surface area (TPSA) is 72.5 Å². The predicted molar refractivity (Wildman–Crippen MR) is 46.3 cm³/mol. The van der Waals surface area contributed by atoms with Crippen molar-refractivity contribution in [2.75, 3.05) is 13.2 Å². The molecule has 1 unspecified atom stereocenters. The molecular formula is C8H14F3NO3. The van der Waals surface area contributed by atoms with Crippen LogP contribution in [0.25, 0.3) is 0 Å². The number of hydrogen-bond acceptors (Lipinski definition) is 3. The Balaban J connectivity index is 3.29. The lowest BCUT2D eigenvalue weighted by Crippen LogP contribution is -2.31. The summed E-state index contributed by atoms with van der Waals surface area (Å²) >= 11 is 0. The Bertz CT molecular complexity index is 196. The molecule has 0 aromatic carbocycles. The maximum Gasteiger partial charge on any atom is 0.389 e. The lowest BCUT2D eigenvalue weighted by atomic mass is 10.2. The molecule has 0 aromatic rings. The number of halogens is 3. The second-order valence-corrected chi connectivity index (χ2v) is 3.06. The highest BCUT2D eigenvalue weighted by Gasteiger charge is 2.25. The first-order valence-electron chi connectivity index (χ1n) is 4.46. The van der Waals surface area contributed by atoms with Crippen molar-refractivity contribution in [2.24, 2.45) is 5.73 Å². The molecule has 0 fully saturated rings. The molecule has 0 aliphatic rings.